The molecule has 0 fully saturated rings. The van der Waals surface area contributed by atoms with E-state index in [0.717, 1.165) is 5.75 Å². The summed E-state index contributed by atoms with van der Waals surface area (Å²) >= 11 is 1.76. The number of benzene rings is 1. The summed E-state index contributed by atoms with van der Waals surface area (Å²) in [4.78, 5) is 1.29. The Labute approximate surface area is 106 Å². The van der Waals surface area contributed by atoms with Crippen molar-refractivity contribution in [1.29, 1.82) is 0 Å². The highest BCUT2D eigenvalue weighted by Gasteiger charge is 2.05. The Kier molecular flexibility index (Phi) is 3.64. The molecular weight excluding hydrogens is 228 g/mol. The number of hydrogen-bond acceptors (Lipinski definition) is 2. The molecule has 0 radical (unpaired) electrons. The molecule has 0 amide bonds. The lowest BCUT2D eigenvalue weighted by Gasteiger charge is -2.07. The van der Waals surface area contributed by atoms with Crippen molar-refractivity contribution in [2.24, 2.45) is 0 Å². The third-order valence-corrected chi connectivity index (χ3v) is 3.39. The third-order valence-electron chi connectivity index (χ3n) is 2.49. The van der Waals surface area contributed by atoms with Gasteiger partial charge in [-0.3, -0.25) is 0 Å². The summed E-state index contributed by atoms with van der Waals surface area (Å²) in [5, 5.41) is 2.10. The Bertz CT molecular complexity index is 520. The lowest BCUT2D eigenvalue weighted by Crippen LogP contribution is -1.86. The van der Waals surface area contributed by atoms with Crippen LogP contribution in [0, 0.1) is 0 Å². The quantitative estimate of drug-likeness (QED) is 0.750. The van der Waals surface area contributed by atoms with E-state index in [-0.39, 0.29) is 0 Å². The first kappa shape index (κ1) is 11.9. The van der Waals surface area contributed by atoms with Gasteiger partial charge in [-0.2, -0.15) is 0 Å². The van der Waals surface area contributed by atoms with Crippen LogP contribution in [0.15, 0.2) is 41.3 Å². The standard InChI is InChI=1S/C15H16OS/c1-11(2)9-12-10-13(16-3)6-7-14(12)15-5-4-8-17-15/h4-10H,1-3H3. The van der Waals surface area contributed by atoms with Gasteiger partial charge in [0.1, 0.15) is 5.75 Å². The van der Waals surface area contributed by atoms with Gasteiger partial charge in [0.15, 0.2) is 0 Å². The fraction of sp³-hybridized carbons (Fsp3) is 0.200. The Morgan fingerprint density at radius 3 is 2.65 bits per heavy atom. The molecule has 88 valence electrons. The highest BCUT2D eigenvalue weighted by molar-refractivity contribution is 7.13. The zero-order chi connectivity index (χ0) is 12.3. The minimum Gasteiger partial charge on any atom is -0.497 e. The SMILES string of the molecule is COc1ccc(-c2cccs2)c(C=C(C)C)c1. The molecule has 0 bridgehead atoms. The lowest BCUT2D eigenvalue weighted by molar-refractivity contribution is 0.415. The van der Waals surface area contributed by atoms with Crippen LogP contribution in [0.5, 0.6) is 5.75 Å². The second-order valence-electron chi connectivity index (χ2n) is 4.15. The van der Waals surface area contributed by atoms with Crippen LogP contribution >= 0.6 is 11.3 Å². The van der Waals surface area contributed by atoms with Crippen molar-refractivity contribution in [3.8, 4) is 16.2 Å². The summed E-state index contributed by atoms with van der Waals surface area (Å²) < 4.78 is 5.28. The van der Waals surface area contributed by atoms with E-state index in [9.17, 15) is 0 Å². The second kappa shape index (κ2) is 5.19. The number of thiophene rings is 1. The number of ether oxygens (including phenoxy) is 1. The molecule has 1 aromatic heterocycles. The van der Waals surface area contributed by atoms with Crippen LogP contribution in [0.25, 0.3) is 16.5 Å². The average Bonchev–Trinajstić information content (AvgIpc) is 2.81. The summed E-state index contributed by atoms with van der Waals surface area (Å²) in [6, 6.07) is 10.4. The normalized spacial score (nSPS) is 10.1. The molecule has 0 saturated heterocycles. The molecule has 0 atom stereocenters. The molecule has 2 heteroatoms. The van der Waals surface area contributed by atoms with E-state index in [2.05, 4.69) is 49.6 Å². The summed E-state index contributed by atoms with van der Waals surface area (Å²) in [6.45, 7) is 4.22. The fourth-order valence-corrected chi connectivity index (χ4v) is 2.53. The maximum Gasteiger partial charge on any atom is 0.119 e. The topological polar surface area (TPSA) is 9.23 Å². The Balaban J connectivity index is 2.55. The van der Waals surface area contributed by atoms with E-state index < -0.39 is 0 Å². The molecule has 0 N–H and O–H groups in total. The number of allylic oxidation sites excluding steroid dienone is 1. The Hall–Kier alpha value is -1.54. The lowest BCUT2D eigenvalue weighted by atomic mass is 10.0. The summed E-state index contributed by atoms with van der Waals surface area (Å²) in [5.41, 5.74) is 3.77. The molecule has 0 aliphatic rings. The van der Waals surface area contributed by atoms with Crippen LogP contribution in [0.4, 0.5) is 0 Å². The van der Waals surface area contributed by atoms with Crippen molar-refractivity contribution in [3.63, 3.8) is 0 Å². The van der Waals surface area contributed by atoms with Gasteiger partial charge in [-0.25, -0.2) is 0 Å². The van der Waals surface area contributed by atoms with Gasteiger partial charge in [-0.1, -0.05) is 17.7 Å². The first-order chi connectivity index (χ1) is 8.20. The van der Waals surface area contributed by atoms with Gasteiger partial charge in [-0.05, 0) is 54.6 Å². The van der Waals surface area contributed by atoms with Crippen LogP contribution in [-0.4, -0.2) is 7.11 Å². The monoisotopic (exact) mass is 244 g/mol. The van der Waals surface area contributed by atoms with Crippen molar-refractivity contribution < 1.29 is 4.74 Å². The Morgan fingerprint density at radius 1 is 1.24 bits per heavy atom. The summed E-state index contributed by atoms with van der Waals surface area (Å²) in [7, 11) is 1.70. The average molecular weight is 244 g/mol. The van der Waals surface area contributed by atoms with Crippen molar-refractivity contribution >= 4 is 17.4 Å². The number of methoxy groups -OCH3 is 1. The molecule has 1 heterocycles. The fourth-order valence-electron chi connectivity index (χ4n) is 1.75. The van der Waals surface area contributed by atoms with Gasteiger partial charge in [0.25, 0.3) is 0 Å². The molecule has 0 spiro atoms. The van der Waals surface area contributed by atoms with Gasteiger partial charge in [0.2, 0.25) is 0 Å². The predicted octanol–water partition coefficient (Wildman–Crippen LogP) is 4.85. The van der Waals surface area contributed by atoms with Crippen LogP contribution in [0.2, 0.25) is 0 Å². The van der Waals surface area contributed by atoms with Crippen LogP contribution in [0.1, 0.15) is 19.4 Å². The van der Waals surface area contributed by atoms with Gasteiger partial charge in [0.05, 0.1) is 7.11 Å². The predicted molar refractivity (Wildman–Crippen MR) is 75.6 cm³/mol. The molecule has 1 aromatic carbocycles. The Morgan fingerprint density at radius 2 is 2.06 bits per heavy atom. The van der Waals surface area contributed by atoms with Crippen molar-refractivity contribution in [3.05, 3.63) is 46.8 Å². The first-order valence-electron chi connectivity index (χ1n) is 5.57. The minimum absolute atomic E-state index is 0.901. The third kappa shape index (κ3) is 2.77. The van der Waals surface area contributed by atoms with Crippen molar-refractivity contribution in [2.75, 3.05) is 7.11 Å². The van der Waals surface area contributed by atoms with E-state index in [0.29, 0.717) is 0 Å². The molecule has 2 aromatic rings. The zero-order valence-corrected chi connectivity index (χ0v) is 11.2. The first-order valence-corrected chi connectivity index (χ1v) is 6.45. The van der Waals surface area contributed by atoms with Crippen LogP contribution < -0.4 is 4.74 Å². The maximum absolute atomic E-state index is 5.28. The molecular formula is C15H16OS. The highest BCUT2D eigenvalue weighted by atomic mass is 32.1. The van der Waals surface area contributed by atoms with Crippen LogP contribution in [0.3, 0.4) is 0 Å². The minimum atomic E-state index is 0.901. The van der Waals surface area contributed by atoms with E-state index in [1.807, 2.05) is 6.07 Å². The van der Waals surface area contributed by atoms with Crippen molar-refractivity contribution in [2.45, 2.75) is 13.8 Å². The molecule has 2 rings (SSSR count). The maximum atomic E-state index is 5.28. The van der Waals surface area contributed by atoms with Gasteiger partial charge >= 0.3 is 0 Å². The molecule has 0 saturated carbocycles. The van der Waals surface area contributed by atoms with E-state index in [1.54, 1.807) is 18.4 Å². The number of hydrogen-bond donors (Lipinski definition) is 0. The molecule has 0 unspecified atom stereocenters. The molecule has 0 aliphatic carbocycles. The van der Waals surface area contributed by atoms with Gasteiger partial charge in [0, 0.05) is 4.88 Å². The number of rotatable bonds is 3. The largest absolute Gasteiger partial charge is 0.497 e. The van der Waals surface area contributed by atoms with Crippen LogP contribution in [-0.2, 0) is 0 Å². The van der Waals surface area contributed by atoms with E-state index in [1.165, 1.54) is 21.6 Å². The smallest absolute Gasteiger partial charge is 0.119 e. The van der Waals surface area contributed by atoms with Gasteiger partial charge < -0.3 is 4.74 Å². The highest BCUT2D eigenvalue weighted by Crippen LogP contribution is 2.32. The molecule has 1 nitrogen and oxygen atoms in total. The van der Waals surface area contributed by atoms with Gasteiger partial charge in [-0.15, -0.1) is 11.3 Å². The van der Waals surface area contributed by atoms with E-state index in [4.69, 9.17) is 4.74 Å². The molecule has 0 aliphatic heterocycles. The zero-order valence-electron chi connectivity index (χ0n) is 10.4. The van der Waals surface area contributed by atoms with Crippen molar-refractivity contribution in [1.82, 2.24) is 0 Å². The summed E-state index contributed by atoms with van der Waals surface area (Å²) in [6.07, 6.45) is 2.19. The van der Waals surface area contributed by atoms with E-state index >= 15 is 0 Å². The summed E-state index contributed by atoms with van der Waals surface area (Å²) in [5.74, 6) is 0.901. The second-order valence-corrected chi connectivity index (χ2v) is 5.10. The molecule has 17 heavy (non-hydrogen) atoms.